The molecular weight excluding hydrogens is 246 g/mol. The van der Waals surface area contributed by atoms with E-state index in [0.717, 1.165) is 44.0 Å². The van der Waals surface area contributed by atoms with E-state index in [4.69, 9.17) is 21.7 Å². The Kier molecular flexibility index (Phi) is 5.58. The minimum absolute atomic E-state index is 0.0739. The van der Waals surface area contributed by atoms with Crippen molar-refractivity contribution in [2.24, 2.45) is 0 Å². The molecule has 1 aromatic carbocycles. The van der Waals surface area contributed by atoms with E-state index in [0.29, 0.717) is 0 Å². The van der Waals surface area contributed by atoms with Crippen LogP contribution in [0, 0.1) is 0 Å². The Morgan fingerprint density at radius 3 is 2.67 bits per heavy atom. The number of ether oxygens (including phenoxy) is 2. The zero-order chi connectivity index (χ0) is 12.6. The lowest BCUT2D eigenvalue weighted by Crippen LogP contribution is -2.27. The molecule has 18 heavy (non-hydrogen) atoms. The predicted molar refractivity (Wildman–Crippen MR) is 75.4 cm³/mol. The van der Waals surface area contributed by atoms with Crippen molar-refractivity contribution >= 4 is 17.2 Å². The van der Waals surface area contributed by atoms with Gasteiger partial charge in [0.15, 0.2) is 6.29 Å². The van der Waals surface area contributed by atoms with Crippen LogP contribution in [0.25, 0.3) is 0 Å². The first kappa shape index (κ1) is 13.5. The lowest BCUT2D eigenvalue weighted by molar-refractivity contribution is -0.180. The highest BCUT2D eigenvalue weighted by molar-refractivity contribution is 7.80. The first-order valence-electron chi connectivity index (χ1n) is 6.38. The van der Waals surface area contributed by atoms with E-state index < -0.39 is 0 Å². The molecule has 4 heteroatoms. The Bertz CT molecular complexity index is 363. The van der Waals surface area contributed by atoms with Crippen LogP contribution in [0.3, 0.4) is 0 Å². The summed E-state index contributed by atoms with van der Waals surface area (Å²) in [5.41, 5.74) is 1.24. The van der Waals surface area contributed by atoms with E-state index in [1.165, 1.54) is 5.56 Å². The summed E-state index contributed by atoms with van der Waals surface area (Å²) in [6.07, 6.45) is 2.57. The maximum Gasteiger partial charge on any atom is 0.157 e. The van der Waals surface area contributed by atoms with Crippen LogP contribution in [0.15, 0.2) is 30.3 Å². The van der Waals surface area contributed by atoms with E-state index in [1.54, 1.807) is 0 Å². The van der Waals surface area contributed by atoms with E-state index in [-0.39, 0.29) is 6.29 Å². The standard InChI is InChI=1S/C14H19NO2S/c18-13(7-8-14-16-9-4-10-17-14)15-11-12-5-2-1-3-6-12/h1-3,5-6,14H,4,7-11H2,(H,15,18). The lowest BCUT2D eigenvalue weighted by Gasteiger charge is -2.23. The molecule has 2 rings (SSSR count). The quantitative estimate of drug-likeness (QED) is 0.829. The summed E-state index contributed by atoms with van der Waals surface area (Å²) in [7, 11) is 0. The van der Waals surface area contributed by atoms with Crippen LogP contribution in [0.4, 0.5) is 0 Å². The van der Waals surface area contributed by atoms with Gasteiger partial charge < -0.3 is 14.8 Å². The fourth-order valence-electron chi connectivity index (χ4n) is 1.84. The fourth-order valence-corrected chi connectivity index (χ4v) is 2.03. The fraction of sp³-hybridized carbons (Fsp3) is 0.500. The van der Waals surface area contributed by atoms with Gasteiger partial charge in [0.2, 0.25) is 0 Å². The molecule has 1 aliphatic heterocycles. The summed E-state index contributed by atoms with van der Waals surface area (Å²) in [4.78, 5) is 0.872. The normalized spacial score (nSPS) is 16.4. The number of rotatable bonds is 5. The summed E-state index contributed by atoms with van der Waals surface area (Å²) < 4.78 is 11.0. The average Bonchev–Trinajstić information content (AvgIpc) is 2.45. The maximum absolute atomic E-state index is 5.48. The third-order valence-corrected chi connectivity index (χ3v) is 3.18. The van der Waals surface area contributed by atoms with Crippen LogP contribution >= 0.6 is 12.2 Å². The average molecular weight is 265 g/mol. The summed E-state index contributed by atoms with van der Waals surface area (Å²) in [6.45, 7) is 2.38. The largest absolute Gasteiger partial charge is 0.376 e. The molecule has 1 aromatic rings. The van der Waals surface area contributed by atoms with Crippen molar-refractivity contribution < 1.29 is 9.47 Å². The van der Waals surface area contributed by atoms with Crippen molar-refractivity contribution in [2.45, 2.75) is 32.1 Å². The molecule has 0 amide bonds. The van der Waals surface area contributed by atoms with Crippen molar-refractivity contribution in [1.29, 1.82) is 0 Å². The molecule has 0 aromatic heterocycles. The van der Waals surface area contributed by atoms with Crippen molar-refractivity contribution in [2.75, 3.05) is 13.2 Å². The lowest BCUT2D eigenvalue weighted by atomic mass is 10.2. The molecule has 98 valence electrons. The summed E-state index contributed by atoms with van der Waals surface area (Å²) in [5.74, 6) is 0. The van der Waals surface area contributed by atoms with Gasteiger partial charge in [0.05, 0.1) is 18.2 Å². The molecule has 0 unspecified atom stereocenters. The number of benzene rings is 1. The predicted octanol–water partition coefficient (Wildman–Crippen LogP) is 2.65. The van der Waals surface area contributed by atoms with Crippen LogP contribution in [-0.2, 0) is 16.0 Å². The highest BCUT2D eigenvalue weighted by Gasteiger charge is 2.14. The SMILES string of the molecule is S=C(CCC1OCCCO1)NCc1ccccc1. The van der Waals surface area contributed by atoms with Gasteiger partial charge in [-0.25, -0.2) is 0 Å². The second kappa shape index (κ2) is 7.46. The summed E-state index contributed by atoms with van der Waals surface area (Å²) in [5, 5.41) is 3.26. The molecule has 0 radical (unpaired) electrons. The Labute approximate surface area is 113 Å². The van der Waals surface area contributed by atoms with Crippen molar-refractivity contribution in [3.63, 3.8) is 0 Å². The smallest absolute Gasteiger partial charge is 0.157 e. The Morgan fingerprint density at radius 1 is 1.22 bits per heavy atom. The van der Waals surface area contributed by atoms with Crippen LogP contribution < -0.4 is 5.32 Å². The molecule has 1 aliphatic rings. The molecule has 1 saturated heterocycles. The molecule has 0 saturated carbocycles. The molecule has 0 spiro atoms. The topological polar surface area (TPSA) is 30.5 Å². The molecule has 0 bridgehead atoms. The molecule has 3 nitrogen and oxygen atoms in total. The van der Waals surface area contributed by atoms with Gasteiger partial charge in [0.1, 0.15) is 0 Å². The first-order valence-corrected chi connectivity index (χ1v) is 6.79. The van der Waals surface area contributed by atoms with E-state index >= 15 is 0 Å². The first-order chi connectivity index (χ1) is 8.84. The second-order valence-corrected chi connectivity index (χ2v) is 4.82. The Balaban J connectivity index is 1.63. The van der Waals surface area contributed by atoms with Crippen LogP contribution in [-0.4, -0.2) is 24.5 Å². The van der Waals surface area contributed by atoms with Crippen molar-refractivity contribution in [1.82, 2.24) is 5.32 Å². The van der Waals surface area contributed by atoms with Gasteiger partial charge in [-0.05, 0) is 12.0 Å². The zero-order valence-electron chi connectivity index (χ0n) is 10.4. The van der Waals surface area contributed by atoms with E-state index in [9.17, 15) is 0 Å². The number of hydrogen-bond acceptors (Lipinski definition) is 3. The molecule has 1 heterocycles. The molecule has 1 fully saturated rings. The van der Waals surface area contributed by atoms with Crippen molar-refractivity contribution in [3.8, 4) is 0 Å². The molecular formula is C14H19NO2S. The highest BCUT2D eigenvalue weighted by Crippen LogP contribution is 2.10. The Hall–Kier alpha value is -0.970. The maximum atomic E-state index is 5.48. The third-order valence-electron chi connectivity index (χ3n) is 2.84. The molecule has 1 N–H and O–H groups in total. The number of hydrogen-bond donors (Lipinski definition) is 1. The van der Waals surface area contributed by atoms with Gasteiger partial charge >= 0.3 is 0 Å². The van der Waals surface area contributed by atoms with Gasteiger partial charge in [-0.15, -0.1) is 0 Å². The van der Waals surface area contributed by atoms with Gasteiger partial charge in [-0.1, -0.05) is 42.5 Å². The van der Waals surface area contributed by atoms with Gasteiger partial charge in [0, 0.05) is 19.4 Å². The highest BCUT2D eigenvalue weighted by atomic mass is 32.1. The van der Waals surface area contributed by atoms with Crippen LogP contribution in [0.1, 0.15) is 24.8 Å². The monoisotopic (exact) mass is 265 g/mol. The summed E-state index contributed by atoms with van der Waals surface area (Å²) in [6, 6.07) is 10.2. The van der Waals surface area contributed by atoms with Crippen LogP contribution in [0.2, 0.25) is 0 Å². The van der Waals surface area contributed by atoms with Crippen molar-refractivity contribution in [3.05, 3.63) is 35.9 Å². The Morgan fingerprint density at radius 2 is 1.94 bits per heavy atom. The van der Waals surface area contributed by atoms with E-state index in [1.807, 2.05) is 18.2 Å². The van der Waals surface area contributed by atoms with Gasteiger partial charge in [-0.2, -0.15) is 0 Å². The number of nitrogens with one attached hydrogen (secondary N) is 1. The van der Waals surface area contributed by atoms with Crippen LogP contribution in [0.5, 0.6) is 0 Å². The zero-order valence-corrected chi connectivity index (χ0v) is 11.2. The molecule has 0 aliphatic carbocycles. The van der Waals surface area contributed by atoms with Gasteiger partial charge in [-0.3, -0.25) is 0 Å². The molecule has 0 atom stereocenters. The second-order valence-electron chi connectivity index (χ2n) is 4.33. The van der Waals surface area contributed by atoms with E-state index in [2.05, 4.69) is 17.4 Å². The summed E-state index contributed by atoms with van der Waals surface area (Å²) >= 11 is 5.30. The number of thiocarbonyl (C=S) groups is 1. The minimum Gasteiger partial charge on any atom is -0.376 e. The van der Waals surface area contributed by atoms with Gasteiger partial charge in [0.25, 0.3) is 0 Å². The third kappa shape index (κ3) is 4.72. The minimum atomic E-state index is -0.0739.